The van der Waals surface area contributed by atoms with E-state index in [0.717, 1.165) is 65.6 Å². The molecule has 0 spiro atoms. The molecule has 5 rings (SSSR count). The van der Waals surface area contributed by atoms with Crippen LogP contribution in [-0.2, 0) is 22.4 Å². The largest absolute Gasteiger partial charge is 0.453 e. The zero-order valence-electron chi connectivity index (χ0n) is 21.0. The van der Waals surface area contributed by atoms with Gasteiger partial charge in [0, 0.05) is 53.7 Å². The smallest absolute Gasteiger partial charge is 0.409 e. The molecule has 37 heavy (non-hydrogen) atoms. The maximum absolute atomic E-state index is 13.2. The van der Waals surface area contributed by atoms with Gasteiger partial charge in [0.05, 0.1) is 17.8 Å². The summed E-state index contributed by atoms with van der Waals surface area (Å²) >= 11 is 13.9. The summed E-state index contributed by atoms with van der Waals surface area (Å²) in [6.07, 6.45) is 7.66. The van der Waals surface area contributed by atoms with Crippen LogP contribution in [0.15, 0.2) is 33.3 Å². The summed E-state index contributed by atoms with van der Waals surface area (Å²) < 4.78 is 6.83. The summed E-state index contributed by atoms with van der Waals surface area (Å²) in [7, 11) is 1.41. The van der Waals surface area contributed by atoms with Gasteiger partial charge in [-0.1, -0.05) is 17.7 Å². The highest BCUT2D eigenvalue weighted by Gasteiger charge is 2.36. The van der Waals surface area contributed by atoms with Crippen LogP contribution < -0.4 is 0 Å². The van der Waals surface area contributed by atoms with Crippen molar-refractivity contribution in [3.05, 3.63) is 60.7 Å². The fourth-order valence-corrected chi connectivity index (χ4v) is 7.43. The highest BCUT2D eigenvalue weighted by atomic mass is 79.9. The minimum atomic E-state index is -0.273. The second kappa shape index (κ2) is 11.6. The Hall–Kier alpha value is -1.64. The summed E-state index contributed by atoms with van der Waals surface area (Å²) in [5.74, 6) is 1.17. The van der Waals surface area contributed by atoms with Crippen molar-refractivity contribution in [1.82, 2.24) is 14.8 Å². The minimum Gasteiger partial charge on any atom is -0.453 e. The zero-order chi connectivity index (χ0) is 26.1. The molecule has 1 aromatic carbocycles. The number of methoxy groups -OCH3 is 1. The van der Waals surface area contributed by atoms with Crippen LogP contribution in [0.1, 0.15) is 60.4 Å². The standard InChI is InChI=1S/C28H32Br2ClN3O3/c1-37-28(36)34-10-6-17(7-11-34)14-24(35)33-12-8-18(9-13-33)25-21-4-5-23(31)26(30)22(21)3-2-19-15-20(29)16-32-27(19)25/h4-5,15-18,25H,2-3,6-14H2,1H3/t25-/m0/s1. The third kappa shape index (κ3) is 5.71. The first kappa shape index (κ1) is 26.9. The first-order valence-corrected chi connectivity index (χ1v) is 15.0. The van der Waals surface area contributed by atoms with Gasteiger partial charge < -0.3 is 14.5 Å². The number of hydrogen-bond donors (Lipinski definition) is 0. The molecule has 3 heterocycles. The van der Waals surface area contributed by atoms with Gasteiger partial charge in [0.2, 0.25) is 5.91 Å². The Morgan fingerprint density at radius 2 is 1.76 bits per heavy atom. The average molecular weight is 654 g/mol. The number of hydrogen-bond acceptors (Lipinski definition) is 4. The zero-order valence-corrected chi connectivity index (χ0v) is 24.9. The Balaban J connectivity index is 1.28. The predicted molar refractivity (Wildman–Crippen MR) is 151 cm³/mol. The van der Waals surface area contributed by atoms with Crippen molar-refractivity contribution in [1.29, 1.82) is 0 Å². The summed E-state index contributed by atoms with van der Waals surface area (Å²) in [5.41, 5.74) is 5.05. The van der Waals surface area contributed by atoms with Crippen LogP contribution in [-0.4, -0.2) is 60.1 Å². The molecule has 6 nitrogen and oxygen atoms in total. The van der Waals surface area contributed by atoms with Crippen LogP contribution in [0.4, 0.5) is 4.79 Å². The van der Waals surface area contributed by atoms with Crippen molar-refractivity contribution >= 4 is 55.5 Å². The van der Waals surface area contributed by atoms with E-state index < -0.39 is 0 Å². The average Bonchev–Trinajstić information content (AvgIpc) is 3.07. The van der Waals surface area contributed by atoms with Crippen LogP contribution in [0, 0.1) is 11.8 Å². The summed E-state index contributed by atoms with van der Waals surface area (Å²) in [4.78, 5) is 33.6. The van der Waals surface area contributed by atoms with E-state index in [1.165, 1.54) is 29.5 Å². The molecular formula is C28H32Br2ClN3O3. The molecule has 0 radical (unpaired) electrons. The van der Waals surface area contributed by atoms with E-state index >= 15 is 0 Å². The van der Waals surface area contributed by atoms with E-state index in [9.17, 15) is 9.59 Å². The molecule has 2 aliphatic heterocycles. The lowest BCUT2D eigenvalue weighted by atomic mass is 9.76. The van der Waals surface area contributed by atoms with Crippen LogP contribution in [0.3, 0.4) is 0 Å². The first-order valence-electron chi connectivity index (χ1n) is 13.1. The van der Waals surface area contributed by atoms with Gasteiger partial charge in [-0.2, -0.15) is 0 Å². The summed E-state index contributed by atoms with van der Waals surface area (Å²) in [5, 5.41) is 0.746. The normalized spacial score (nSPS) is 20.7. The van der Waals surface area contributed by atoms with Gasteiger partial charge in [-0.25, -0.2) is 4.79 Å². The molecule has 2 fully saturated rings. The number of pyridine rings is 1. The van der Waals surface area contributed by atoms with Gasteiger partial charge in [-0.05, 0) is 111 Å². The van der Waals surface area contributed by atoms with Gasteiger partial charge in [0.15, 0.2) is 0 Å². The minimum absolute atomic E-state index is 0.189. The molecule has 0 bridgehead atoms. The number of benzene rings is 1. The number of piperidine rings is 2. The van der Waals surface area contributed by atoms with Crippen molar-refractivity contribution in [2.75, 3.05) is 33.3 Å². The fraction of sp³-hybridized carbons (Fsp3) is 0.536. The Morgan fingerprint density at radius 1 is 1.05 bits per heavy atom. The molecule has 198 valence electrons. The Morgan fingerprint density at radius 3 is 2.46 bits per heavy atom. The lowest BCUT2D eigenvalue weighted by molar-refractivity contribution is -0.134. The molecule has 0 unspecified atom stereocenters. The van der Waals surface area contributed by atoms with Crippen LogP contribution in [0.25, 0.3) is 0 Å². The van der Waals surface area contributed by atoms with Gasteiger partial charge in [-0.3, -0.25) is 9.78 Å². The van der Waals surface area contributed by atoms with Crippen LogP contribution in [0.2, 0.25) is 5.02 Å². The highest BCUT2D eigenvalue weighted by Crippen LogP contribution is 2.45. The number of fused-ring (bicyclic) bond motifs is 2. The SMILES string of the molecule is COC(=O)N1CCC(CC(=O)N2CCC([C@H]3c4ccc(Cl)c(Br)c4CCc4cc(Br)cnc43)CC2)CC1. The number of aryl methyl sites for hydroxylation is 1. The van der Waals surface area contributed by atoms with E-state index in [-0.39, 0.29) is 17.9 Å². The fourth-order valence-electron chi connectivity index (χ4n) is 6.32. The topological polar surface area (TPSA) is 62.7 Å². The molecule has 2 saturated heterocycles. The molecule has 1 aromatic heterocycles. The van der Waals surface area contributed by atoms with Crippen LogP contribution in [0.5, 0.6) is 0 Å². The first-order chi connectivity index (χ1) is 17.9. The van der Waals surface area contributed by atoms with Crippen LogP contribution >= 0.6 is 43.5 Å². The number of nitrogens with zero attached hydrogens (tertiary/aromatic N) is 3. The third-order valence-corrected chi connectivity index (χ3v) is 10.2. The summed E-state index contributed by atoms with van der Waals surface area (Å²) in [6, 6.07) is 6.39. The maximum Gasteiger partial charge on any atom is 0.409 e. The number of amides is 2. The van der Waals surface area contributed by atoms with E-state index in [1.807, 2.05) is 12.3 Å². The molecule has 1 atom stereocenters. The summed E-state index contributed by atoms with van der Waals surface area (Å²) in [6.45, 7) is 2.87. The third-order valence-electron chi connectivity index (χ3n) is 8.35. The predicted octanol–water partition coefficient (Wildman–Crippen LogP) is 6.60. The van der Waals surface area contributed by atoms with E-state index in [4.69, 9.17) is 21.3 Å². The van der Waals surface area contributed by atoms with Crippen molar-refractivity contribution in [3.8, 4) is 0 Å². The quantitative estimate of drug-likeness (QED) is 0.375. The maximum atomic E-state index is 13.2. The molecule has 2 aromatic rings. The van der Waals surface area contributed by atoms with Gasteiger partial charge in [0.25, 0.3) is 0 Å². The molecule has 0 saturated carbocycles. The van der Waals surface area contributed by atoms with Crippen molar-refractivity contribution in [2.45, 2.75) is 50.9 Å². The van der Waals surface area contributed by atoms with Crippen molar-refractivity contribution in [3.63, 3.8) is 0 Å². The molecule has 9 heteroatoms. The highest BCUT2D eigenvalue weighted by molar-refractivity contribution is 9.10. The second-order valence-corrected chi connectivity index (χ2v) is 12.5. The van der Waals surface area contributed by atoms with Gasteiger partial charge in [-0.15, -0.1) is 0 Å². The lowest BCUT2D eigenvalue weighted by Crippen LogP contribution is -2.42. The number of rotatable bonds is 3. The Labute approximate surface area is 240 Å². The molecular weight excluding hydrogens is 622 g/mol. The second-order valence-electron chi connectivity index (χ2n) is 10.4. The number of carbonyl (C=O) groups excluding carboxylic acids is 2. The molecule has 3 aliphatic rings. The van der Waals surface area contributed by atoms with Gasteiger partial charge in [0.1, 0.15) is 0 Å². The number of aromatic nitrogens is 1. The molecule has 2 amide bonds. The number of halogens is 3. The monoisotopic (exact) mass is 651 g/mol. The molecule has 1 aliphatic carbocycles. The number of carbonyl (C=O) groups is 2. The van der Waals surface area contributed by atoms with Crippen molar-refractivity contribution in [2.24, 2.45) is 11.8 Å². The molecule has 0 N–H and O–H groups in total. The number of ether oxygens (including phenoxy) is 1. The Kier molecular flexibility index (Phi) is 8.46. The number of likely N-dealkylation sites (tertiary alicyclic amines) is 2. The van der Waals surface area contributed by atoms with E-state index in [2.05, 4.69) is 48.9 Å². The van der Waals surface area contributed by atoms with Crippen molar-refractivity contribution < 1.29 is 14.3 Å². The van der Waals surface area contributed by atoms with E-state index in [0.29, 0.717) is 31.3 Å². The van der Waals surface area contributed by atoms with Gasteiger partial charge >= 0.3 is 6.09 Å². The lowest BCUT2D eigenvalue weighted by Gasteiger charge is -2.38. The van der Waals surface area contributed by atoms with E-state index in [1.54, 1.807) is 4.90 Å². The Bertz CT molecular complexity index is 1180.